The number of hydrogen-bond acceptors (Lipinski definition) is 5. The zero-order valence-corrected chi connectivity index (χ0v) is 17.0. The Morgan fingerprint density at radius 2 is 1.87 bits per heavy atom. The third kappa shape index (κ3) is 5.38. The van der Waals surface area contributed by atoms with Crippen LogP contribution >= 0.6 is 0 Å². The fraction of sp³-hybridized carbons (Fsp3) is 0.524. The summed E-state index contributed by atoms with van der Waals surface area (Å²) in [5.74, 6) is -0.868. The molecule has 0 spiro atoms. The summed E-state index contributed by atoms with van der Waals surface area (Å²) in [7, 11) is 0. The molecule has 5 nitrogen and oxygen atoms in total. The number of ether oxygens (including phenoxy) is 2. The lowest BCUT2D eigenvalue weighted by Crippen LogP contribution is -2.52. The van der Waals surface area contributed by atoms with Crippen molar-refractivity contribution in [3.63, 3.8) is 0 Å². The average Bonchev–Trinajstić information content (AvgIpc) is 2.68. The topological polar surface area (TPSA) is 47.5 Å². The minimum Gasteiger partial charge on any atom is -0.439 e. The first-order valence-corrected chi connectivity index (χ1v) is 10.0. The Labute approximate surface area is 173 Å². The Balaban J connectivity index is 1.94. The molecule has 0 bridgehead atoms. The Kier molecular flexibility index (Phi) is 6.80. The molecule has 1 aromatic heterocycles. The summed E-state index contributed by atoms with van der Waals surface area (Å²) < 4.78 is 65.3. The van der Waals surface area contributed by atoms with Gasteiger partial charge in [-0.15, -0.1) is 0 Å². The third-order valence-electron chi connectivity index (χ3n) is 4.94. The number of morpholine rings is 1. The lowest BCUT2D eigenvalue weighted by molar-refractivity contribution is -0.141. The van der Waals surface area contributed by atoms with Gasteiger partial charge in [-0.25, -0.2) is 9.37 Å². The molecule has 1 saturated heterocycles. The van der Waals surface area contributed by atoms with Gasteiger partial charge in [-0.1, -0.05) is 32.8 Å². The van der Waals surface area contributed by atoms with Crippen LogP contribution in [-0.2, 0) is 10.9 Å². The van der Waals surface area contributed by atoms with E-state index in [2.05, 4.69) is 9.97 Å². The molecule has 3 rings (SSSR count). The van der Waals surface area contributed by atoms with Crippen molar-refractivity contribution in [1.29, 1.82) is 0 Å². The molecule has 0 aliphatic carbocycles. The van der Waals surface area contributed by atoms with Crippen molar-refractivity contribution < 1.29 is 27.0 Å². The molecule has 0 unspecified atom stereocenters. The number of benzene rings is 1. The summed E-state index contributed by atoms with van der Waals surface area (Å²) in [6, 6.07) is 5.87. The molecule has 0 radical (unpaired) electrons. The van der Waals surface area contributed by atoms with Crippen LogP contribution in [0.5, 0.6) is 11.6 Å². The first kappa shape index (κ1) is 22.3. The van der Waals surface area contributed by atoms with Crippen molar-refractivity contribution in [3.05, 3.63) is 41.8 Å². The van der Waals surface area contributed by atoms with E-state index < -0.39 is 23.3 Å². The van der Waals surface area contributed by atoms with E-state index in [0.717, 1.165) is 37.8 Å². The summed E-state index contributed by atoms with van der Waals surface area (Å²) >= 11 is 0. The third-order valence-corrected chi connectivity index (χ3v) is 4.94. The van der Waals surface area contributed by atoms with Gasteiger partial charge in [0.25, 0.3) is 0 Å². The van der Waals surface area contributed by atoms with E-state index in [1.165, 1.54) is 18.2 Å². The predicted molar refractivity (Wildman–Crippen MR) is 104 cm³/mol. The smallest absolute Gasteiger partial charge is 0.433 e. The highest BCUT2D eigenvalue weighted by atomic mass is 19.4. The minimum atomic E-state index is -4.67. The summed E-state index contributed by atoms with van der Waals surface area (Å²) in [6.07, 6.45) is -1.30. The van der Waals surface area contributed by atoms with Crippen molar-refractivity contribution in [2.75, 3.05) is 24.6 Å². The van der Waals surface area contributed by atoms with Crippen LogP contribution in [0.1, 0.15) is 45.2 Å². The van der Waals surface area contributed by atoms with Gasteiger partial charge in [0, 0.05) is 25.2 Å². The van der Waals surface area contributed by atoms with E-state index in [9.17, 15) is 17.6 Å². The van der Waals surface area contributed by atoms with E-state index in [-0.39, 0.29) is 17.6 Å². The highest BCUT2D eigenvalue weighted by Crippen LogP contribution is 2.35. The van der Waals surface area contributed by atoms with E-state index in [4.69, 9.17) is 9.47 Å². The van der Waals surface area contributed by atoms with Crippen LogP contribution in [0.25, 0.3) is 0 Å². The molecule has 1 fully saturated rings. The predicted octanol–water partition coefficient (Wildman–Crippen LogP) is 5.60. The van der Waals surface area contributed by atoms with Crippen LogP contribution in [-0.4, -0.2) is 35.3 Å². The fourth-order valence-corrected chi connectivity index (χ4v) is 3.76. The number of halogens is 4. The standard InChI is InChI=1S/C21H25F4N3O2/c1-3-8-20(9-4-2)14-28(10-11-29-20)19-26-17(21(23,24)25)13-18(27-19)30-16-7-5-6-15(22)12-16/h5-7,12-13H,3-4,8-11,14H2,1-2H3. The van der Waals surface area contributed by atoms with Gasteiger partial charge in [0.2, 0.25) is 11.8 Å². The van der Waals surface area contributed by atoms with Crippen LogP contribution in [0, 0.1) is 5.82 Å². The van der Waals surface area contributed by atoms with E-state index in [0.29, 0.717) is 19.7 Å². The first-order valence-electron chi connectivity index (χ1n) is 10.0. The lowest BCUT2D eigenvalue weighted by atomic mass is 9.90. The van der Waals surface area contributed by atoms with Gasteiger partial charge in [0.1, 0.15) is 11.6 Å². The van der Waals surface area contributed by atoms with Crippen LogP contribution in [0.15, 0.2) is 30.3 Å². The molecule has 1 aliphatic heterocycles. The summed E-state index contributed by atoms with van der Waals surface area (Å²) in [4.78, 5) is 9.66. The normalized spacial score (nSPS) is 16.5. The molecule has 30 heavy (non-hydrogen) atoms. The Morgan fingerprint density at radius 3 is 2.50 bits per heavy atom. The second kappa shape index (κ2) is 9.16. The molecule has 0 amide bonds. The molecule has 1 aliphatic rings. The maximum atomic E-state index is 13.5. The van der Waals surface area contributed by atoms with Gasteiger partial charge in [0.05, 0.1) is 12.2 Å². The number of aromatic nitrogens is 2. The Morgan fingerprint density at radius 1 is 1.13 bits per heavy atom. The molecule has 164 valence electrons. The monoisotopic (exact) mass is 427 g/mol. The van der Waals surface area contributed by atoms with E-state index >= 15 is 0 Å². The van der Waals surface area contributed by atoms with Gasteiger partial charge in [-0.2, -0.15) is 18.2 Å². The number of alkyl halides is 3. The quantitative estimate of drug-likeness (QED) is 0.538. The van der Waals surface area contributed by atoms with Crippen LogP contribution in [0.3, 0.4) is 0 Å². The number of rotatable bonds is 7. The zero-order chi connectivity index (χ0) is 21.8. The SMILES string of the molecule is CCCC1(CCC)CN(c2nc(Oc3cccc(F)c3)cc(C(F)(F)F)n2)CCO1. The molecule has 0 N–H and O–H groups in total. The maximum absolute atomic E-state index is 13.5. The van der Waals surface area contributed by atoms with E-state index in [1.54, 1.807) is 4.90 Å². The maximum Gasteiger partial charge on any atom is 0.433 e. The van der Waals surface area contributed by atoms with Crippen molar-refractivity contribution in [3.8, 4) is 11.6 Å². The highest BCUT2D eigenvalue weighted by molar-refractivity contribution is 5.38. The Hall–Kier alpha value is -2.42. The molecule has 2 heterocycles. The molecule has 9 heteroatoms. The summed E-state index contributed by atoms with van der Waals surface area (Å²) in [5.41, 5.74) is -1.55. The van der Waals surface area contributed by atoms with E-state index in [1.807, 2.05) is 13.8 Å². The molecular weight excluding hydrogens is 402 g/mol. The molecular formula is C21H25F4N3O2. The minimum absolute atomic E-state index is 0.0565. The largest absolute Gasteiger partial charge is 0.439 e. The fourth-order valence-electron chi connectivity index (χ4n) is 3.76. The summed E-state index contributed by atoms with van der Waals surface area (Å²) in [5, 5.41) is 0. The van der Waals surface area contributed by atoms with Gasteiger partial charge in [-0.3, -0.25) is 0 Å². The second-order valence-corrected chi connectivity index (χ2v) is 7.40. The first-order chi connectivity index (χ1) is 14.2. The van der Waals surface area contributed by atoms with Gasteiger partial charge in [-0.05, 0) is 25.0 Å². The highest BCUT2D eigenvalue weighted by Gasteiger charge is 2.38. The molecule has 2 aromatic rings. The van der Waals surface area contributed by atoms with Crippen molar-refractivity contribution >= 4 is 5.95 Å². The zero-order valence-electron chi connectivity index (χ0n) is 17.0. The van der Waals surface area contributed by atoms with Crippen molar-refractivity contribution in [2.45, 2.75) is 51.3 Å². The van der Waals surface area contributed by atoms with Gasteiger partial charge < -0.3 is 14.4 Å². The number of anilines is 1. The second-order valence-electron chi connectivity index (χ2n) is 7.40. The van der Waals surface area contributed by atoms with Crippen LogP contribution < -0.4 is 9.64 Å². The lowest BCUT2D eigenvalue weighted by Gasteiger charge is -2.43. The molecule has 1 aromatic carbocycles. The Bertz CT molecular complexity index is 849. The van der Waals surface area contributed by atoms with Gasteiger partial charge in [0.15, 0.2) is 5.69 Å². The molecule has 0 atom stereocenters. The average molecular weight is 427 g/mol. The molecule has 0 saturated carbocycles. The number of hydrogen-bond donors (Lipinski definition) is 0. The van der Waals surface area contributed by atoms with Crippen LogP contribution in [0.2, 0.25) is 0 Å². The van der Waals surface area contributed by atoms with Crippen molar-refractivity contribution in [1.82, 2.24) is 9.97 Å². The van der Waals surface area contributed by atoms with Crippen LogP contribution in [0.4, 0.5) is 23.5 Å². The van der Waals surface area contributed by atoms with Gasteiger partial charge >= 0.3 is 6.18 Å². The van der Waals surface area contributed by atoms with Crippen molar-refractivity contribution in [2.24, 2.45) is 0 Å². The summed E-state index contributed by atoms with van der Waals surface area (Å²) in [6.45, 7) is 5.24. The number of nitrogens with zero attached hydrogens (tertiary/aromatic N) is 3.